The first kappa shape index (κ1) is 12.4. The topological polar surface area (TPSA) is 57.1 Å². The average Bonchev–Trinajstić information content (AvgIpc) is 2.31. The zero-order chi connectivity index (χ0) is 12.3. The van der Waals surface area contributed by atoms with Crippen molar-refractivity contribution in [1.82, 2.24) is 15.0 Å². The molecule has 1 saturated carbocycles. The second kappa shape index (κ2) is 5.49. The highest BCUT2D eigenvalue weighted by atomic mass is 35.5. The van der Waals surface area contributed by atoms with Crippen molar-refractivity contribution in [2.75, 3.05) is 7.11 Å². The summed E-state index contributed by atoms with van der Waals surface area (Å²) in [6.45, 7) is 2.26. The van der Waals surface area contributed by atoms with E-state index in [0.29, 0.717) is 0 Å². The summed E-state index contributed by atoms with van der Waals surface area (Å²) in [5.41, 5.74) is 0. The maximum Gasteiger partial charge on any atom is 0.324 e. The van der Waals surface area contributed by atoms with Crippen molar-refractivity contribution in [2.45, 2.75) is 38.7 Å². The van der Waals surface area contributed by atoms with E-state index in [2.05, 4.69) is 21.9 Å². The van der Waals surface area contributed by atoms with Crippen LogP contribution in [-0.2, 0) is 0 Å². The molecular weight excluding hydrogens is 242 g/mol. The first-order chi connectivity index (χ1) is 8.17. The van der Waals surface area contributed by atoms with Gasteiger partial charge in [0.2, 0.25) is 5.28 Å². The SMILES string of the molecule is COc1nc(Cl)nc(OC2CCC(C)CC2)n1. The molecule has 5 nitrogen and oxygen atoms in total. The monoisotopic (exact) mass is 257 g/mol. The fourth-order valence-electron chi connectivity index (χ4n) is 1.96. The Morgan fingerprint density at radius 3 is 2.35 bits per heavy atom. The number of methoxy groups -OCH3 is 1. The minimum absolute atomic E-state index is 0.0935. The van der Waals surface area contributed by atoms with Gasteiger partial charge in [0.05, 0.1) is 7.11 Å². The highest BCUT2D eigenvalue weighted by Crippen LogP contribution is 2.26. The van der Waals surface area contributed by atoms with Crippen molar-refractivity contribution >= 4 is 11.6 Å². The minimum atomic E-state index is 0.0935. The number of halogens is 1. The molecule has 1 heterocycles. The van der Waals surface area contributed by atoms with E-state index >= 15 is 0 Å². The smallest absolute Gasteiger partial charge is 0.324 e. The van der Waals surface area contributed by atoms with Crippen LogP contribution in [0.4, 0.5) is 0 Å². The maximum absolute atomic E-state index is 5.75. The summed E-state index contributed by atoms with van der Waals surface area (Å²) in [6, 6.07) is 0.436. The molecule has 94 valence electrons. The molecule has 1 aliphatic carbocycles. The Kier molecular flexibility index (Phi) is 3.99. The lowest BCUT2D eigenvalue weighted by atomic mass is 9.89. The van der Waals surface area contributed by atoms with Crippen LogP contribution in [-0.4, -0.2) is 28.2 Å². The molecule has 0 amide bonds. The lowest BCUT2D eigenvalue weighted by Crippen LogP contribution is -2.24. The molecule has 6 heteroatoms. The van der Waals surface area contributed by atoms with Crippen LogP contribution in [0, 0.1) is 5.92 Å². The first-order valence-electron chi connectivity index (χ1n) is 5.79. The van der Waals surface area contributed by atoms with Crippen LogP contribution in [0.5, 0.6) is 12.0 Å². The van der Waals surface area contributed by atoms with Crippen LogP contribution in [0.3, 0.4) is 0 Å². The van der Waals surface area contributed by atoms with Crippen molar-refractivity contribution in [3.05, 3.63) is 5.28 Å². The summed E-state index contributed by atoms with van der Waals surface area (Å²) in [4.78, 5) is 11.7. The van der Waals surface area contributed by atoms with Gasteiger partial charge in [0, 0.05) is 0 Å². The van der Waals surface area contributed by atoms with Gasteiger partial charge < -0.3 is 9.47 Å². The minimum Gasteiger partial charge on any atom is -0.467 e. The molecular formula is C11H16ClN3O2. The van der Waals surface area contributed by atoms with Gasteiger partial charge in [-0.15, -0.1) is 4.98 Å². The van der Waals surface area contributed by atoms with E-state index in [1.165, 1.54) is 20.0 Å². The quantitative estimate of drug-likeness (QED) is 0.833. The Labute approximate surface area is 106 Å². The standard InChI is InChI=1S/C11H16ClN3O2/c1-7-3-5-8(6-4-7)17-11-14-9(12)13-10(15-11)16-2/h7-8H,3-6H2,1-2H3. The fourth-order valence-corrected chi connectivity index (χ4v) is 2.10. The van der Waals surface area contributed by atoms with Gasteiger partial charge in [-0.2, -0.15) is 9.97 Å². The lowest BCUT2D eigenvalue weighted by Gasteiger charge is -2.25. The van der Waals surface area contributed by atoms with Crippen LogP contribution >= 0.6 is 11.6 Å². The van der Waals surface area contributed by atoms with Gasteiger partial charge >= 0.3 is 12.0 Å². The molecule has 0 bridgehead atoms. The van der Waals surface area contributed by atoms with Gasteiger partial charge in [0.15, 0.2) is 0 Å². The van der Waals surface area contributed by atoms with E-state index in [0.717, 1.165) is 18.8 Å². The molecule has 0 unspecified atom stereocenters. The Bertz CT molecular complexity index is 381. The molecule has 1 aliphatic rings. The normalized spacial score (nSPS) is 24.4. The van der Waals surface area contributed by atoms with Gasteiger partial charge in [-0.1, -0.05) is 6.92 Å². The van der Waals surface area contributed by atoms with Crippen molar-refractivity contribution in [1.29, 1.82) is 0 Å². The average molecular weight is 258 g/mol. The molecule has 17 heavy (non-hydrogen) atoms. The molecule has 0 aliphatic heterocycles. The Morgan fingerprint density at radius 2 is 1.71 bits per heavy atom. The zero-order valence-corrected chi connectivity index (χ0v) is 10.8. The van der Waals surface area contributed by atoms with E-state index in [1.807, 2.05) is 0 Å². The number of aromatic nitrogens is 3. The molecule has 0 saturated heterocycles. The lowest BCUT2D eigenvalue weighted by molar-refractivity contribution is 0.122. The van der Waals surface area contributed by atoms with Crippen LogP contribution in [0.25, 0.3) is 0 Å². The van der Waals surface area contributed by atoms with Gasteiger partial charge in [-0.25, -0.2) is 0 Å². The third kappa shape index (κ3) is 3.43. The Hall–Kier alpha value is -1.10. The molecule has 1 fully saturated rings. The van der Waals surface area contributed by atoms with Crippen LogP contribution in [0.15, 0.2) is 0 Å². The van der Waals surface area contributed by atoms with Crippen molar-refractivity contribution < 1.29 is 9.47 Å². The van der Waals surface area contributed by atoms with E-state index in [-0.39, 0.29) is 23.4 Å². The van der Waals surface area contributed by atoms with E-state index in [4.69, 9.17) is 21.1 Å². The summed E-state index contributed by atoms with van der Waals surface area (Å²) >= 11 is 5.75. The maximum atomic E-state index is 5.75. The number of ether oxygens (including phenoxy) is 2. The predicted octanol–water partition coefficient (Wildman–Crippen LogP) is 2.49. The fraction of sp³-hybridized carbons (Fsp3) is 0.727. The first-order valence-corrected chi connectivity index (χ1v) is 6.17. The predicted molar refractivity (Wildman–Crippen MR) is 63.4 cm³/mol. The van der Waals surface area contributed by atoms with E-state index < -0.39 is 0 Å². The largest absolute Gasteiger partial charge is 0.467 e. The van der Waals surface area contributed by atoms with Gasteiger partial charge in [-0.05, 0) is 43.2 Å². The second-order valence-corrected chi connectivity index (χ2v) is 4.71. The van der Waals surface area contributed by atoms with Gasteiger partial charge in [-0.3, -0.25) is 0 Å². The van der Waals surface area contributed by atoms with Crippen LogP contribution < -0.4 is 9.47 Å². The molecule has 0 aromatic carbocycles. The summed E-state index contributed by atoms with van der Waals surface area (Å²) < 4.78 is 10.6. The van der Waals surface area contributed by atoms with Crippen molar-refractivity contribution in [3.8, 4) is 12.0 Å². The highest BCUT2D eigenvalue weighted by molar-refractivity contribution is 6.28. The number of hydrogen-bond acceptors (Lipinski definition) is 5. The summed E-state index contributed by atoms with van der Waals surface area (Å²) in [5, 5.41) is 0.0935. The zero-order valence-electron chi connectivity index (χ0n) is 10.0. The highest BCUT2D eigenvalue weighted by Gasteiger charge is 2.21. The van der Waals surface area contributed by atoms with E-state index in [1.54, 1.807) is 0 Å². The summed E-state index contributed by atoms with van der Waals surface area (Å²) in [5.74, 6) is 0.784. The van der Waals surface area contributed by atoms with Crippen molar-refractivity contribution in [2.24, 2.45) is 5.92 Å². The molecule has 1 aromatic rings. The molecule has 0 N–H and O–H groups in total. The molecule has 0 radical (unpaired) electrons. The molecule has 1 aromatic heterocycles. The van der Waals surface area contributed by atoms with Crippen LogP contribution in [0.2, 0.25) is 5.28 Å². The molecule has 2 rings (SSSR count). The summed E-state index contributed by atoms with van der Waals surface area (Å²) in [7, 11) is 1.48. The Morgan fingerprint density at radius 1 is 1.06 bits per heavy atom. The Balaban J connectivity index is 2.00. The number of nitrogens with zero attached hydrogens (tertiary/aromatic N) is 3. The van der Waals surface area contributed by atoms with Gasteiger partial charge in [0.1, 0.15) is 6.10 Å². The number of hydrogen-bond donors (Lipinski definition) is 0. The van der Waals surface area contributed by atoms with Gasteiger partial charge in [0.25, 0.3) is 0 Å². The second-order valence-electron chi connectivity index (χ2n) is 4.37. The van der Waals surface area contributed by atoms with Crippen LogP contribution in [0.1, 0.15) is 32.6 Å². The molecule has 0 spiro atoms. The number of rotatable bonds is 3. The molecule has 0 atom stereocenters. The third-order valence-corrected chi connectivity index (χ3v) is 3.15. The van der Waals surface area contributed by atoms with E-state index in [9.17, 15) is 0 Å². The summed E-state index contributed by atoms with van der Waals surface area (Å²) in [6.07, 6.45) is 4.61. The third-order valence-electron chi connectivity index (χ3n) is 2.98. The van der Waals surface area contributed by atoms with Crippen molar-refractivity contribution in [3.63, 3.8) is 0 Å².